The second kappa shape index (κ2) is 6.83. The lowest BCUT2D eigenvalue weighted by Crippen LogP contribution is -2.30. The molecule has 0 spiro atoms. The first-order valence-electron chi connectivity index (χ1n) is 6.75. The molecule has 3 nitrogen and oxygen atoms in total. The number of anilines is 1. The Kier molecular flexibility index (Phi) is 5.12. The number of nitrogens with zero attached hydrogens (tertiary/aromatic N) is 1. The minimum atomic E-state index is 0.258. The summed E-state index contributed by atoms with van der Waals surface area (Å²) in [6, 6.07) is 8.67. The largest absolute Gasteiger partial charge is 0.379 e. The molecular weight excluding hydrogens is 256 g/mol. The van der Waals surface area contributed by atoms with Crippen LogP contribution in [0.4, 0.5) is 5.69 Å². The summed E-state index contributed by atoms with van der Waals surface area (Å²) in [4.78, 5) is 1.06. The third-order valence-corrected chi connectivity index (χ3v) is 4.47. The Labute approximate surface area is 119 Å². The number of hydrogen-bond acceptors (Lipinski definition) is 4. The van der Waals surface area contributed by atoms with Crippen molar-refractivity contribution in [1.29, 1.82) is 5.26 Å². The van der Waals surface area contributed by atoms with Crippen LogP contribution in [-0.2, 0) is 4.74 Å². The zero-order chi connectivity index (χ0) is 13.7. The fourth-order valence-corrected chi connectivity index (χ4v) is 3.40. The Balaban J connectivity index is 2.20. The number of benzene rings is 1. The van der Waals surface area contributed by atoms with E-state index >= 15 is 0 Å². The summed E-state index contributed by atoms with van der Waals surface area (Å²) in [7, 11) is 1.76. The van der Waals surface area contributed by atoms with E-state index in [1.165, 1.54) is 6.42 Å². The maximum absolute atomic E-state index is 9.39. The van der Waals surface area contributed by atoms with Crippen molar-refractivity contribution in [2.75, 3.05) is 18.2 Å². The minimum Gasteiger partial charge on any atom is -0.379 e. The van der Waals surface area contributed by atoms with Gasteiger partial charge >= 0.3 is 0 Å². The third-order valence-electron chi connectivity index (χ3n) is 3.53. The predicted molar refractivity (Wildman–Crippen MR) is 79.6 cm³/mol. The molecule has 0 amide bonds. The highest BCUT2D eigenvalue weighted by molar-refractivity contribution is 7.99. The summed E-state index contributed by atoms with van der Waals surface area (Å²) in [6.45, 7) is 2.10. The molecule has 2 atom stereocenters. The Hall–Kier alpha value is -1.18. The van der Waals surface area contributed by atoms with Gasteiger partial charge in [0.2, 0.25) is 0 Å². The molecule has 102 valence electrons. The van der Waals surface area contributed by atoms with Gasteiger partial charge in [-0.2, -0.15) is 5.26 Å². The first kappa shape index (κ1) is 14.2. The smallest absolute Gasteiger partial charge is 0.102 e. The predicted octanol–water partition coefficient (Wildman–Crippen LogP) is 3.65. The molecule has 1 fully saturated rings. The topological polar surface area (TPSA) is 45.0 Å². The molecular formula is C15H20N2OS. The quantitative estimate of drug-likeness (QED) is 0.834. The Morgan fingerprint density at radius 2 is 2.32 bits per heavy atom. The first-order chi connectivity index (χ1) is 9.30. The maximum Gasteiger partial charge on any atom is 0.102 e. The molecule has 1 aliphatic carbocycles. The van der Waals surface area contributed by atoms with E-state index in [1.54, 1.807) is 18.9 Å². The van der Waals surface area contributed by atoms with Gasteiger partial charge in [-0.1, -0.05) is 13.0 Å². The second-order valence-corrected chi connectivity index (χ2v) is 5.99. The Morgan fingerprint density at radius 1 is 1.47 bits per heavy atom. The van der Waals surface area contributed by atoms with Gasteiger partial charge in [0.25, 0.3) is 0 Å². The van der Waals surface area contributed by atoms with Gasteiger partial charge in [-0.3, -0.25) is 0 Å². The zero-order valence-corrected chi connectivity index (χ0v) is 12.3. The molecule has 19 heavy (non-hydrogen) atoms. The van der Waals surface area contributed by atoms with Crippen molar-refractivity contribution in [2.24, 2.45) is 0 Å². The van der Waals surface area contributed by atoms with Crippen molar-refractivity contribution in [2.45, 2.75) is 43.2 Å². The number of methoxy groups -OCH3 is 1. The number of nitrogens with one attached hydrogen (secondary N) is 1. The van der Waals surface area contributed by atoms with E-state index in [0.717, 1.165) is 34.7 Å². The molecule has 1 N–H and O–H groups in total. The van der Waals surface area contributed by atoms with Crippen LogP contribution in [0.5, 0.6) is 0 Å². The van der Waals surface area contributed by atoms with Gasteiger partial charge in [-0.25, -0.2) is 0 Å². The number of nitriles is 1. The SMILES string of the molecule is CCSc1cccc(NC2CCCC2OC)c1C#N. The van der Waals surface area contributed by atoms with E-state index in [2.05, 4.69) is 18.3 Å². The first-order valence-corrected chi connectivity index (χ1v) is 7.74. The lowest BCUT2D eigenvalue weighted by atomic mass is 10.1. The van der Waals surface area contributed by atoms with Crippen molar-refractivity contribution in [3.63, 3.8) is 0 Å². The van der Waals surface area contributed by atoms with E-state index in [-0.39, 0.29) is 6.10 Å². The lowest BCUT2D eigenvalue weighted by molar-refractivity contribution is 0.101. The minimum absolute atomic E-state index is 0.258. The average molecular weight is 276 g/mol. The van der Waals surface area contributed by atoms with E-state index in [4.69, 9.17) is 4.74 Å². The van der Waals surface area contributed by atoms with Crippen molar-refractivity contribution < 1.29 is 4.74 Å². The van der Waals surface area contributed by atoms with E-state index in [1.807, 2.05) is 18.2 Å². The van der Waals surface area contributed by atoms with Gasteiger partial charge in [0, 0.05) is 12.0 Å². The van der Waals surface area contributed by atoms with Gasteiger partial charge in [-0.05, 0) is 37.1 Å². The van der Waals surface area contributed by atoms with Crippen molar-refractivity contribution >= 4 is 17.4 Å². The molecule has 1 aliphatic rings. The normalized spacial score (nSPS) is 22.2. The van der Waals surface area contributed by atoms with Crippen molar-refractivity contribution in [3.05, 3.63) is 23.8 Å². The van der Waals surface area contributed by atoms with Crippen LogP contribution >= 0.6 is 11.8 Å². The summed E-state index contributed by atoms with van der Waals surface area (Å²) in [5, 5.41) is 12.9. The van der Waals surface area contributed by atoms with E-state index < -0.39 is 0 Å². The van der Waals surface area contributed by atoms with E-state index in [0.29, 0.717) is 6.04 Å². The summed E-state index contributed by atoms with van der Waals surface area (Å²) in [5.74, 6) is 0.974. The van der Waals surface area contributed by atoms with E-state index in [9.17, 15) is 5.26 Å². The van der Waals surface area contributed by atoms with Crippen molar-refractivity contribution in [3.8, 4) is 6.07 Å². The number of rotatable bonds is 5. The summed E-state index contributed by atoms with van der Waals surface area (Å²) in [6.07, 6.45) is 3.64. The lowest BCUT2D eigenvalue weighted by Gasteiger charge is -2.22. The third kappa shape index (κ3) is 3.23. The molecule has 1 aromatic carbocycles. The summed E-state index contributed by atoms with van der Waals surface area (Å²) < 4.78 is 5.50. The molecule has 0 aromatic heterocycles. The van der Waals surface area contributed by atoms with Gasteiger partial charge in [0.15, 0.2) is 0 Å². The highest BCUT2D eigenvalue weighted by Crippen LogP contribution is 2.31. The molecule has 2 unspecified atom stereocenters. The van der Waals surface area contributed by atoms with Gasteiger partial charge in [0.05, 0.1) is 23.4 Å². The Morgan fingerprint density at radius 3 is 3.00 bits per heavy atom. The van der Waals surface area contributed by atoms with Gasteiger partial charge in [0.1, 0.15) is 6.07 Å². The Bertz CT molecular complexity index is 470. The number of ether oxygens (including phenoxy) is 1. The molecule has 0 saturated heterocycles. The molecule has 0 aliphatic heterocycles. The average Bonchev–Trinajstić information content (AvgIpc) is 2.87. The highest BCUT2D eigenvalue weighted by atomic mass is 32.2. The second-order valence-electron chi connectivity index (χ2n) is 4.68. The molecule has 0 radical (unpaired) electrons. The van der Waals surface area contributed by atoms with Crippen LogP contribution in [-0.4, -0.2) is 25.0 Å². The van der Waals surface area contributed by atoms with Crippen LogP contribution < -0.4 is 5.32 Å². The van der Waals surface area contributed by atoms with Crippen LogP contribution in [0.25, 0.3) is 0 Å². The monoisotopic (exact) mass is 276 g/mol. The fraction of sp³-hybridized carbons (Fsp3) is 0.533. The van der Waals surface area contributed by atoms with Gasteiger partial charge in [-0.15, -0.1) is 11.8 Å². The summed E-state index contributed by atoms with van der Waals surface area (Å²) >= 11 is 1.71. The van der Waals surface area contributed by atoms with Crippen LogP contribution in [0, 0.1) is 11.3 Å². The van der Waals surface area contributed by atoms with Crippen molar-refractivity contribution in [1.82, 2.24) is 0 Å². The van der Waals surface area contributed by atoms with Crippen LogP contribution in [0.3, 0.4) is 0 Å². The molecule has 0 heterocycles. The standard InChI is InChI=1S/C15H20N2OS/c1-3-19-15-9-5-6-12(11(15)10-16)17-13-7-4-8-14(13)18-2/h5-6,9,13-14,17H,3-4,7-8H2,1-2H3. The molecule has 2 rings (SSSR count). The van der Waals surface area contributed by atoms with Gasteiger partial charge < -0.3 is 10.1 Å². The maximum atomic E-state index is 9.39. The number of thioether (sulfide) groups is 1. The fourth-order valence-electron chi connectivity index (χ4n) is 2.62. The zero-order valence-electron chi connectivity index (χ0n) is 11.5. The molecule has 1 saturated carbocycles. The molecule has 1 aromatic rings. The molecule has 4 heteroatoms. The highest BCUT2D eigenvalue weighted by Gasteiger charge is 2.27. The van der Waals surface area contributed by atoms with Crippen LogP contribution in [0.15, 0.2) is 23.1 Å². The number of hydrogen-bond donors (Lipinski definition) is 1. The summed E-state index contributed by atoms with van der Waals surface area (Å²) in [5.41, 5.74) is 1.70. The van der Waals surface area contributed by atoms with Crippen LogP contribution in [0.1, 0.15) is 31.7 Å². The molecule has 0 bridgehead atoms. The van der Waals surface area contributed by atoms with Crippen LogP contribution in [0.2, 0.25) is 0 Å².